The van der Waals surface area contributed by atoms with E-state index in [1.54, 1.807) is 12.1 Å². The third kappa shape index (κ3) is 3.68. The van der Waals surface area contributed by atoms with Gasteiger partial charge >= 0.3 is 0 Å². The molecule has 0 spiro atoms. The Balaban J connectivity index is 1.61. The Labute approximate surface area is 166 Å². The van der Waals surface area contributed by atoms with Crippen molar-refractivity contribution in [1.82, 2.24) is 0 Å². The van der Waals surface area contributed by atoms with Crippen LogP contribution in [-0.2, 0) is 0 Å². The van der Waals surface area contributed by atoms with Crippen molar-refractivity contribution in [2.45, 2.75) is 0 Å². The predicted molar refractivity (Wildman–Crippen MR) is 113 cm³/mol. The Morgan fingerprint density at radius 3 is 1.52 bits per heavy atom. The molecular weight excluding hydrogens is 368 g/mol. The van der Waals surface area contributed by atoms with E-state index in [1.165, 1.54) is 12.4 Å². The van der Waals surface area contributed by atoms with Crippen LogP contribution in [0.25, 0.3) is 21.5 Å². The van der Waals surface area contributed by atoms with E-state index in [0.29, 0.717) is 22.6 Å². The van der Waals surface area contributed by atoms with E-state index in [-0.39, 0.29) is 6.79 Å². The Hall–Kier alpha value is -4.06. The zero-order valence-electron chi connectivity index (χ0n) is 15.4. The average Bonchev–Trinajstić information content (AvgIpc) is 2.76. The van der Waals surface area contributed by atoms with Crippen LogP contribution in [0.1, 0.15) is 11.1 Å². The molecule has 0 aromatic heterocycles. The Bertz CT molecular complexity index is 1120. The van der Waals surface area contributed by atoms with E-state index in [2.05, 4.69) is 10.3 Å². The van der Waals surface area contributed by atoms with Gasteiger partial charge in [0.1, 0.15) is 11.5 Å². The van der Waals surface area contributed by atoms with Gasteiger partial charge < -0.3 is 19.9 Å². The van der Waals surface area contributed by atoms with E-state index in [9.17, 15) is 0 Å². The largest absolute Gasteiger partial charge is 0.457 e. The predicted octanol–water partition coefficient (Wildman–Crippen LogP) is 5.02. The summed E-state index contributed by atoms with van der Waals surface area (Å²) in [5.74, 6) is 1.05. The second-order valence-electron chi connectivity index (χ2n) is 6.29. The lowest BCUT2D eigenvalue weighted by Gasteiger charge is -2.14. The van der Waals surface area contributed by atoms with E-state index in [0.717, 1.165) is 21.5 Å². The van der Waals surface area contributed by atoms with Gasteiger partial charge in [0.25, 0.3) is 0 Å². The van der Waals surface area contributed by atoms with E-state index < -0.39 is 0 Å². The van der Waals surface area contributed by atoms with Crippen LogP contribution in [0.3, 0.4) is 0 Å². The molecule has 0 atom stereocenters. The second kappa shape index (κ2) is 8.31. The van der Waals surface area contributed by atoms with Crippen LogP contribution < -0.4 is 9.47 Å². The smallest absolute Gasteiger partial charge is 0.230 e. The number of nitrogens with zero attached hydrogens (tertiary/aromatic N) is 2. The monoisotopic (exact) mass is 386 g/mol. The van der Waals surface area contributed by atoms with E-state index >= 15 is 0 Å². The number of ether oxygens (including phenoxy) is 2. The maximum atomic E-state index is 9.05. The second-order valence-corrected chi connectivity index (χ2v) is 6.29. The molecule has 4 rings (SSSR count). The number of hydrogen-bond acceptors (Lipinski definition) is 6. The third-order valence-corrected chi connectivity index (χ3v) is 4.66. The van der Waals surface area contributed by atoms with Gasteiger partial charge in [0.2, 0.25) is 6.79 Å². The van der Waals surface area contributed by atoms with Crippen LogP contribution in [0.2, 0.25) is 0 Å². The van der Waals surface area contributed by atoms with Crippen LogP contribution in [-0.4, -0.2) is 29.6 Å². The fraction of sp³-hybridized carbons (Fsp3) is 0.0435. The third-order valence-electron chi connectivity index (χ3n) is 4.66. The molecule has 0 aliphatic heterocycles. The molecule has 144 valence electrons. The fourth-order valence-corrected chi connectivity index (χ4v) is 3.34. The maximum Gasteiger partial charge on any atom is 0.230 e. The van der Waals surface area contributed by atoms with Gasteiger partial charge in [0.05, 0.1) is 12.4 Å². The summed E-state index contributed by atoms with van der Waals surface area (Å²) >= 11 is 0. The zero-order valence-corrected chi connectivity index (χ0v) is 15.4. The highest BCUT2D eigenvalue weighted by Gasteiger charge is 2.10. The molecular formula is C23H18N2O4. The molecule has 6 nitrogen and oxygen atoms in total. The van der Waals surface area contributed by atoms with Crippen LogP contribution in [0, 0.1) is 0 Å². The standard InChI is InChI=1S/C23H18N2O4/c26-24-13-20-18-7-3-1-5-16(18)9-11-22(20)28-15-29-23-12-10-17-6-2-4-8-19(17)21(23)14-25-27/h1-14,26-27H,15H2/b24-13-,25-14-. The molecule has 4 aromatic rings. The first-order valence-electron chi connectivity index (χ1n) is 8.96. The molecule has 4 aromatic carbocycles. The van der Waals surface area contributed by atoms with Gasteiger partial charge in [-0.1, -0.05) is 71.0 Å². The Morgan fingerprint density at radius 1 is 0.621 bits per heavy atom. The minimum Gasteiger partial charge on any atom is -0.457 e. The highest BCUT2D eigenvalue weighted by Crippen LogP contribution is 2.29. The first-order chi connectivity index (χ1) is 14.3. The van der Waals surface area contributed by atoms with E-state index in [1.807, 2.05) is 60.7 Å². The van der Waals surface area contributed by atoms with Gasteiger partial charge in [0.15, 0.2) is 0 Å². The number of oxime groups is 2. The molecule has 2 N–H and O–H groups in total. The normalized spacial score (nSPS) is 11.6. The average molecular weight is 386 g/mol. The van der Waals surface area contributed by atoms with Gasteiger partial charge in [-0.25, -0.2) is 0 Å². The SMILES string of the molecule is O/N=C\c1c(OCOc2ccc3ccccc3c2/C=N\O)ccc2ccccc12. The summed E-state index contributed by atoms with van der Waals surface area (Å²) in [4.78, 5) is 0. The van der Waals surface area contributed by atoms with Crippen LogP contribution in [0.5, 0.6) is 11.5 Å². The zero-order chi connectivity index (χ0) is 20.1. The van der Waals surface area contributed by atoms with Crippen molar-refractivity contribution in [3.8, 4) is 11.5 Å². The highest BCUT2D eigenvalue weighted by atomic mass is 16.7. The lowest BCUT2D eigenvalue weighted by atomic mass is 10.0. The van der Waals surface area contributed by atoms with Crippen molar-refractivity contribution in [3.05, 3.63) is 83.9 Å². The van der Waals surface area contributed by atoms with Gasteiger partial charge in [-0.3, -0.25) is 0 Å². The van der Waals surface area contributed by atoms with Crippen molar-refractivity contribution in [2.75, 3.05) is 6.79 Å². The lowest BCUT2D eigenvalue weighted by molar-refractivity contribution is 0.120. The van der Waals surface area contributed by atoms with Gasteiger partial charge in [-0.05, 0) is 33.7 Å². The Kier molecular flexibility index (Phi) is 5.25. The topological polar surface area (TPSA) is 83.6 Å². The molecule has 29 heavy (non-hydrogen) atoms. The molecule has 0 bridgehead atoms. The summed E-state index contributed by atoms with van der Waals surface area (Å²) < 4.78 is 11.6. The number of fused-ring (bicyclic) bond motifs is 2. The number of rotatable bonds is 6. The first kappa shape index (κ1) is 18.3. The quantitative estimate of drug-likeness (QED) is 0.211. The van der Waals surface area contributed by atoms with Crippen molar-refractivity contribution in [3.63, 3.8) is 0 Å². The fourth-order valence-electron chi connectivity index (χ4n) is 3.34. The molecule has 6 heteroatoms. The van der Waals surface area contributed by atoms with Gasteiger partial charge in [-0.15, -0.1) is 0 Å². The van der Waals surface area contributed by atoms with Crippen molar-refractivity contribution >= 4 is 34.0 Å². The van der Waals surface area contributed by atoms with Crippen molar-refractivity contribution < 1.29 is 19.9 Å². The lowest BCUT2D eigenvalue weighted by Crippen LogP contribution is -2.09. The first-order valence-corrected chi connectivity index (χ1v) is 8.96. The summed E-state index contributed by atoms with van der Waals surface area (Å²) in [6.07, 6.45) is 2.69. The summed E-state index contributed by atoms with van der Waals surface area (Å²) in [6, 6.07) is 23.0. The van der Waals surface area contributed by atoms with Crippen LogP contribution in [0.15, 0.2) is 83.1 Å². The molecule has 0 saturated carbocycles. The molecule has 0 heterocycles. The van der Waals surface area contributed by atoms with Gasteiger partial charge in [-0.2, -0.15) is 0 Å². The summed E-state index contributed by atoms with van der Waals surface area (Å²) in [5, 5.41) is 28.2. The minimum atomic E-state index is -0.0742. The molecule has 0 amide bonds. The van der Waals surface area contributed by atoms with Crippen molar-refractivity contribution in [2.24, 2.45) is 10.3 Å². The molecule has 0 saturated heterocycles. The highest BCUT2D eigenvalue weighted by molar-refractivity contribution is 6.03. The van der Waals surface area contributed by atoms with Gasteiger partial charge in [0, 0.05) is 11.1 Å². The van der Waals surface area contributed by atoms with Crippen LogP contribution in [0.4, 0.5) is 0 Å². The van der Waals surface area contributed by atoms with E-state index in [4.69, 9.17) is 19.9 Å². The summed E-state index contributed by atoms with van der Waals surface area (Å²) in [5.41, 5.74) is 1.31. The number of benzene rings is 4. The molecule has 0 fully saturated rings. The van der Waals surface area contributed by atoms with Crippen molar-refractivity contribution in [1.29, 1.82) is 0 Å². The summed E-state index contributed by atoms with van der Waals surface area (Å²) in [7, 11) is 0. The molecule has 0 aliphatic rings. The Morgan fingerprint density at radius 2 is 1.07 bits per heavy atom. The van der Waals surface area contributed by atoms with Crippen LogP contribution >= 0.6 is 0 Å². The molecule has 0 aliphatic carbocycles. The number of hydrogen-bond donors (Lipinski definition) is 2. The minimum absolute atomic E-state index is 0.0742. The maximum absolute atomic E-state index is 9.05. The molecule has 0 unspecified atom stereocenters. The molecule has 0 radical (unpaired) electrons. The summed E-state index contributed by atoms with van der Waals surface area (Å²) in [6.45, 7) is -0.0742.